The third kappa shape index (κ3) is 5.83. The number of amides is 1. The monoisotopic (exact) mass is 405 g/mol. The first-order chi connectivity index (χ1) is 11.7. The fourth-order valence-electron chi connectivity index (χ4n) is 4.20. The Morgan fingerprint density at radius 2 is 1.81 bits per heavy atom. The summed E-state index contributed by atoms with van der Waals surface area (Å²) in [6.07, 6.45) is 11.9. The molecule has 0 radical (unpaired) electrons. The van der Waals surface area contributed by atoms with E-state index >= 15 is 0 Å². The Hall–Kier alpha value is -0.850. The Balaban J connectivity index is 0.00000169. The number of rotatable bonds is 6. The number of nitrogens with one attached hydrogen (secondary N) is 1. The van der Waals surface area contributed by atoms with Gasteiger partial charge in [0.05, 0.1) is 0 Å². The summed E-state index contributed by atoms with van der Waals surface area (Å²) in [7, 11) is 0. The zero-order valence-corrected chi connectivity index (χ0v) is 17.2. The van der Waals surface area contributed by atoms with Gasteiger partial charge >= 0.3 is 0 Å². The van der Waals surface area contributed by atoms with Crippen LogP contribution in [-0.2, 0) is 24.2 Å². The molecular formula is C18H33Cl2N5O. The van der Waals surface area contributed by atoms with Crippen LogP contribution >= 0.6 is 24.8 Å². The topological polar surface area (TPSA) is 85.8 Å². The summed E-state index contributed by atoms with van der Waals surface area (Å²) < 4.78 is 2.25. The van der Waals surface area contributed by atoms with Gasteiger partial charge in [-0.1, -0.05) is 25.7 Å². The van der Waals surface area contributed by atoms with E-state index in [1.807, 2.05) is 0 Å². The van der Waals surface area contributed by atoms with E-state index in [0.717, 1.165) is 43.9 Å². The molecule has 0 saturated heterocycles. The van der Waals surface area contributed by atoms with Gasteiger partial charge in [-0.05, 0) is 37.6 Å². The minimum Gasteiger partial charge on any atom is -0.356 e. The van der Waals surface area contributed by atoms with Crippen molar-refractivity contribution in [1.82, 2.24) is 20.1 Å². The molecule has 26 heavy (non-hydrogen) atoms. The fraction of sp³-hybridized carbons (Fsp3) is 0.833. The summed E-state index contributed by atoms with van der Waals surface area (Å²) in [5.41, 5.74) is 6.02. The zero-order valence-electron chi connectivity index (χ0n) is 15.5. The van der Waals surface area contributed by atoms with Crippen LogP contribution in [0.15, 0.2) is 0 Å². The summed E-state index contributed by atoms with van der Waals surface area (Å²) in [4.78, 5) is 12.3. The minimum atomic E-state index is 0. The normalized spacial score (nSPS) is 18.7. The van der Waals surface area contributed by atoms with Crippen molar-refractivity contribution < 1.29 is 4.79 Å². The van der Waals surface area contributed by atoms with Crippen molar-refractivity contribution in [2.45, 2.75) is 77.2 Å². The van der Waals surface area contributed by atoms with Gasteiger partial charge < -0.3 is 15.6 Å². The fourth-order valence-corrected chi connectivity index (χ4v) is 4.20. The quantitative estimate of drug-likeness (QED) is 0.761. The minimum absolute atomic E-state index is 0. The van der Waals surface area contributed by atoms with E-state index in [4.69, 9.17) is 5.73 Å². The van der Waals surface area contributed by atoms with Crippen molar-refractivity contribution in [2.24, 2.45) is 11.1 Å². The number of hydrogen-bond donors (Lipinski definition) is 2. The second-order valence-electron chi connectivity index (χ2n) is 7.54. The van der Waals surface area contributed by atoms with Crippen molar-refractivity contribution in [3.05, 3.63) is 11.6 Å². The first-order valence-corrected chi connectivity index (χ1v) is 9.60. The first kappa shape index (κ1) is 23.2. The van der Waals surface area contributed by atoms with Crippen molar-refractivity contribution in [1.29, 1.82) is 0 Å². The molecular weight excluding hydrogens is 373 g/mol. The highest BCUT2D eigenvalue weighted by Crippen LogP contribution is 2.38. The number of carbonyl (C=O) groups is 1. The van der Waals surface area contributed by atoms with E-state index < -0.39 is 0 Å². The Morgan fingerprint density at radius 3 is 2.54 bits per heavy atom. The van der Waals surface area contributed by atoms with Gasteiger partial charge in [0.2, 0.25) is 5.91 Å². The first-order valence-electron chi connectivity index (χ1n) is 9.60. The van der Waals surface area contributed by atoms with Gasteiger partial charge in [-0.25, -0.2) is 0 Å². The van der Waals surface area contributed by atoms with Crippen LogP contribution in [-0.4, -0.2) is 33.8 Å². The van der Waals surface area contributed by atoms with Gasteiger partial charge in [0.1, 0.15) is 11.6 Å². The Bertz CT molecular complexity index is 558. The number of nitrogens with zero attached hydrogens (tertiary/aromatic N) is 3. The van der Waals surface area contributed by atoms with E-state index in [-0.39, 0.29) is 36.1 Å². The largest absolute Gasteiger partial charge is 0.356 e. The third-order valence-corrected chi connectivity index (χ3v) is 5.74. The summed E-state index contributed by atoms with van der Waals surface area (Å²) in [6.45, 7) is 2.28. The molecule has 0 bridgehead atoms. The molecule has 0 aromatic carbocycles. The predicted octanol–water partition coefficient (Wildman–Crippen LogP) is 2.81. The lowest BCUT2D eigenvalue weighted by molar-refractivity contribution is -0.123. The van der Waals surface area contributed by atoms with Gasteiger partial charge in [0.15, 0.2) is 0 Å². The molecule has 0 atom stereocenters. The van der Waals surface area contributed by atoms with Gasteiger partial charge in [0, 0.05) is 32.4 Å². The highest BCUT2D eigenvalue weighted by Gasteiger charge is 2.32. The van der Waals surface area contributed by atoms with Crippen molar-refractivity contribution in [2.75, 3.05) is 13.1 Å². The molecule has 2 aliphatic rings. The standard InChI is InChI=1S/C18H31N5O.2ClH/c19-14-18(9-4-2-5-10-18)13-17(24)20-11-8-16-22-21-15-7-3-1-6-12-23(15)16;;/h1-14,19H2,(H,20,24);2*1H. The Labute approximate surface area is 168 Å². The highest BCUT2D eigenvalue weighted by atomic mass is 35.5. The number of fused-ring (bicyclic) bond motifs is 1. The second-order valence-corrected chi connectivity index (χ2v) is 7.54. The van der Waals surface area contributed by atoms with Crippen LogP contribution in [0.1, 0.15) is 69.4 Å². The van der Waals surface area contributed by atoms with Crippen molar-refractivity contribution >= 4 is 30.7 Å². The van der Waals surface area contributed by atoms with Crippen LogP contribution in [0.25, 0.3) is 0 Å². The molecule has 6 nitrogen and oxygen atoms in total. The van der Waals surface area contributed by atoms with E-state index in [9.17, 15) is 4.79 Å². The summed E-state index contributed by atoms with van der Waals surface area (Å²) in [5, 5.41) is 11.7. The molecule has 0 spiro atoms. The maximum atomic E-state index is 12.3. The van der Waals surface area contributed by atoms with Crippen molar-refractivity contribution in [3.8, 4) is 0 Å². The van der Waals surface area contributed by atoms with Crippen LogP contribution in [0.2, 0.25) is 0 Å². The van der Waals surface area contributed by atoms with Gasteiger partial charge in [0.25, 0.3) is 0 Å². The molecule has 1 aliphatic heterocycles. The predicted molar refractivity (Wildman–Crippen MR) is 108 cm³/mol. The molecule has 0 unspecified atom stereocenters. The van der Waals surface area contributed by atoms with E-state index in [1.54, 1.807) is 0 Å². The van der Waals surface area contributed by atoms with Gasteiger partial charge in [-0.15, -0.1) is 35.0 Å². The third-order valence-electron chi connectivity index (χ3n) is 5.74. The molecule has 2 heterocycles. The van der Waals surface area contributed by atoms with Crippen LogP contribution in [0, 0.1) is 5.41 Å². The number of nitrogens with two attached hydrogens (primary N) is 1. The molecule has 8 heteroatoms. The lowest BCUT2D eigenvalue weighted by Crippen LogP contribution is -2.39. The molecule has 3 rings (SSSR count). The molecule has 1 fully saturated rings. The average Bonchev–Trinajstić information content (AvgIpc) is 2.82. The maximum absolute atomic E-state index is 12.3. The maximum Gasteiger partial charge on any atom is 0.220 e. The lowest BCUT2D eigenvalue weighted by Gasteiger charge is -2.35. The number of aryl methyl sites for hydroxylation is 1. The van der Waals surface area contributed by atoms with Crippen LogP contribution < -0.4 is 11.1 Å². The van der Waals surface area contributed by atoms with Crippen molar-refractivity contribution in [3.63, 3.8) is 0 Å². The lowest BCUT2D eigenvalue weighted by atomic mass is 9.71. The SMILES string of the molecule is Cl.Cl.NCC1(CC(=O)NCCc2nnc3n2CCCCC3)CCCCC1. The number of hydrogen-bond acceptors (Lipinski definition) is 4. The van der Waals surface area contributed by atoms with E-state index in [2.05, 4.69) is 20.1 Å². The molecule has 1 aliphatic carbocycles. The van der Waals surface area contributed by atoms with Gasteiger partial charge in [-0.3, -0.25) is 4.79 Å². The Kier molecular flexibility index (Phi) is 9.90. The summed E-state index contributed by atoms with van der Waals surface area (Å²) >= 11 is 0. The average molecular weight is 406 g/mol. The number of carbonyl (C=O) groups excluding carboxylic acids is 1. The Morgan fingerprint density at radius 1 is 1.08 bits per heavy atom. The van der Waals surface area contributed by atoms with Crippen LogP contribution in [0.3, 0.4) is 0 Å². The van der Waals surface area contributed by atoms with Gasteiger partial charge in [-0.2, -0.15) is 0 Å². The molecule has 3 N–H and O–H groups in total. The molecule has 1 aromatic heterocycles. The van der Waals surface area contributed by atoms with E-state index in [1.165, 1.54) is 38.5 Å². The van der Waals surface area contributed by atoms with E-state index in [0.29, 0.717) is 19.5 Å². The van der Waals surface area contributed by atoms with Crippen LogP contribution in [0.4, 0.5) is 0 Å². The summed E-state index contributed by atoms with van der Waals surface area (Å²) in [5.74, 6) is 2.26. The molecule has 1 aromatic rings. The number of aromatic nitrogens is 3. The zero-order chi connectivity index (χ0) is 16.8. The molecule has 150 valence electrons. The highest BCUT2D eigenvalue weighted by molar-refractivity contribution is 5.85. The number of halogens is 2. The second kappa shape index (κ2) is 11.1. The molecule has 1 amide bonds. The smallest absolute Gasteiger partial charge is 0.220 e. The van der Waals surface area contributed by atoms with Crippen LogP contribution in [0.5, 0.6) is 0 Å². The molecule has 1 saturated carbocycles. The summed E-state index contributed by atoms with van der Waals surface area (Å²) in [6, 6.07) is 0.